The van der Waals surface area contributed by atoms with Crippen molar-refractivity contribution >= 4 is 17.5 Å². The molecule has 0 aliphatic carbocycles. The topological polar surface area (TPSA) is 43.9 Å². The summed E-state index contributed by atoms with van der Waals surface area (Å²) in [6.07, 6.45) is 8.92. The lowest BCUT2D eigenvalue weighted by molar-refractivity contribution is -0.133. The van der Waals surface area contributed by atoms with Crippen molar-refractivity contribution in [2.75, 3.05) is 37.6 Å². The third-order valence-electron chi connectivity index (χ3n) is 7.62. The van der Waals surface area contributed by atoms with Gasteiger partial charge < -0.3 is 9.80 Å². The smallest absolute Gasteiger partial charge is 0.237 e. The van der Waals surface area contributed by atoms with E-state index < -0.39 is 0 Å². The van der Waals surface area contributed by atoms with Crippen LogP contribution in [0.5, 0.6) is 0 Å². The Hall–Kier alpha value is -2.66. The van der Waals surface area contributed by atoms with Gasteiger partial charge in [0.05, 0.1) is 6.54 Å². The first-order chi connectivity index (χ1) is 17.1. The van der Waals surface area contributed by atoms with Gasteiger partial charge in [-0.3, -0.25) is 14.5 Å². The van der Waals surface area contributed by atoms with Crippen molar-refractivity contribution in [3.63, 3.8) is 0 Å². The molecule has 2 heterocycles. The minimum Gasteiger partial charge on any atom is -0.337 e. The molecule has 5 heteroatoms. The first-order valence-corrected chi connectivity index (χ1v) is 13.5. The second-order valence-electron chi connectivity index (χ2n) is 10.3. The number of para-hydroxylation sites is 1. The average molecular weight is 476 g/mol. The van der Waals surface area contributed by atoms with E-state index in [1.54, 1.807) is 6.92 Å². The zero-order valence-corrected chi connectivity index (χ0v) is 21.3. The first kappa shape index (κ1) is 25.4. The fraction of sp³-hybridized carbons (Fsp3) is 0.533. The number of hydrogen-bond donors (Lipinski definition) is 0. The van der Waals surface area contributed by atoms with Crippen molar-refractivity contribution in [2.45, 2.75) is 64.8 Å². The fourth-order valence-corrected chi connectivity index (χ4v) is 5.54. The Morgan fingerprint density at radius 1 is 0.800 bits per heavy atom. The number of anilines is 1. The molecule has 188 valence electrons. The monoisotopic (exact) mass is 475 g/mol. The number of likely N-dealkylation sites (tertiary alicyclic amines) is 1. The number of hydrogen-bond acceptors (Lipinski definition) is 3. The summed E-state index contributed by atoms with van der Waals surface area (Å²) < 4.78 is 0. The number of rotatable bonds is 4. The maximum Gasteiger partial charge on any atom is 0.237 e. The van der Waals surface area contributed by atoms with Gasteiger partial charge in [-0.05, 0) is 68.3 Å². The maximum atomic E-state index is 13.5. The van der Waals surface area contributed by atoms with Crippen molar-refractivity contribution in [1.82, 2.24) is 9.80 Å². The second kappa shape index (κ2) is 12.9. The van der Waals surface area contributed by atoms with Gasteiger partial charge in [-0.2, -0.15) is 0 Å². The molecular formula is C30H41N3O2. The quantitative estimate of drug-likeness (QED) is 0.604. The van der Waals surface area contributed by atoms with Crippen LogP contribution < -0.4 is 4.90 Å². The molecule has 1 saturated heterocycles. The lowest BCUT2D eigenvalue weighted by Gasteiger charge is -2.34. The van der Waals surface area contributed by atoms with E-state index in [4.69, 9.17) is 0 Å². The highest BCUT2D eigenvalue weighted by molar-refractivity contribution is 5.92. The Morgan fingerprint density at radius 3 is 2.20 bits per heavy atom. The summed E-state index contributed by atoms with van der Waals surface area (Å²) in [7, 11) is 0. The van der Waals surface area contributed by atoms with Crippen LogP contribution in [0.15, 0.2) is 54.6 Å². The molecule has 4 rings (SSSR count). The van der Waals surface area contributed by atoms with Crippen LogP contribution in [0.2, 0.25) is 0 Å². The molecule has 1 fully saturated rings. The normalized spacial score (nSPS) is 18.9. The Bertz CT molecular complexity index is 953. The van der Waals surface area contributed by atoms with Crippen LogP contribution in [-0.2, 0) is 22.6 Å². The molecule has 0 aromatic heterocycles. The van der Waals surface area contributed by atoms with Gasteiger partial charge in [0.2, 0.25) is 11.8 Å². The number of carbonyl (C=O) groups is 2. The molecule has 2 aromatic rings. The van der Waals surface area contributed by atoms with E-state index in [1.165, 1.54) is 5.56 Å². The number of benzene rings is 2. The summed E-state index contributed by atoms with van der Waals surface area (Å²) in [5.74, 6) is 0.994. The van der Waals surface area contributed by atoms with E-state index in [0.29, 0.717) is 19.0 Å². The van der Waals surface area contributed by atoms with Crippen molar-refractivity contribution < 1.29 is 9.59 Å². The zero-order chi connectivity index (χ0) is 24.5. The molecular weight excluding hydrogens is 434 g/mol. The van der Waals surface area contributed by atoms with Crippen LogP contribution in [-0.4, -0.2) is 54.3 Å². The summed E-state index contributed by atoms with van der Waals surface area (Å²) >= 11 is 0. The molecule has 0 unspecified atom stereocenters. The molecule has 0 N–H and O–H groups in total. The van der Waals surface area contributed by atoms with Crippen LogP contribution in [0.4, 0.5) is 5.69 Å². The second-order valence-corrected chi connectivity index (χ2v) is 10.3. The summed E-state index contributed by atoms with van der Waals surface area (Å²) in [6.45, 7) is 6.24. The third-order valence-corrected chi connectivity index (χ3v) is 7.62. The van der Waals surface area contributed by atoms with Gasteiger partial charge in [0, 0.05) is 32.2 Å². The average Bonchev–Trinajstić information content (AvgIpc) is 2.86. The molecule has 2 amide bonds. The van der Waals surface area contributed by atoms with Gasteiger partial charge in [-0.15, -0.1) is 0 Å². The van der Waals surface area contributed by atoms with E-state index in [2.05, 4.69) is 41.3 Å². The Morgan fingerprint density at radius 2 is 1.46 bits per heavy atom. The zero-order valence-electron chi connectivity index (χ0n) is 21.3. The third kappa shape index (κ3) is 7.41. The van der Waals surface area contributed by atoms with Crippen LogP contribution in [0.1, 0.15) is 63.0 Å². The number of piperidine rings is 1. The van der Waals surface area contributed by atoms with E-state index >= 15 is 0 Å². The van der Waals surface area contributed by atoms with E-state index in [-0.39, 0.29) is 11.8 Å². The molecule has 35 heavy (non-hydrogen) atoms. The highest BCUT2D eigenvalue weighted by Gasteiger charge is 2.25. The number of carbonyl (C=O) groups excluding carboxylic acids is 2. The van der Waals surface area contributed by atoms with Gasteiger partial charge in [0.25, 0.3) is 0 Å². The standard InChI is InChI=1S/C30H41N3O2/c1-25(34)33-19-11-4-2-3-10-18-32(23-28-14-8-9-15-29(28)33)30(35)24-31-20-16-27(17-21-31)22-26-12-6-5-7-13-26/h5-9,12-15,27H,2-4,10-11,16-24H2,1H3. The molecule has 0 saturated carbocycles. The Balaban J connectivity index is 1.39. The molecule has 2 aliphatic rings. The minimum atomic E-state index is 0.0748. The van der Waals surface area contributed by atoms with E-state index in [9.17, 15) is 9.59 Å². The summed E-state index contributed by atoms with van der Waals surface area (Å²) in [5, 5.41) is 0. The van der Waals surface area contributed by atoms with Gasteiger partial charge in [-0.25, -0.2) is 0 Å². The first-order valence-electron chi connectivity index (χ1n) is 13.5. The SMILES string of the molecule is CC(=O)N1CCCCCCCN(C(=O)CN2CCC(Cc3ccccc3)CC2)Cc2ccccc21. The lowest BCUT2D eigenvalue weighted by Crippen LogP contribution is -2.44. The van der Waals surface area contributed by atoms with Crippen molar-refractivity contribution in [1.29, 1.82) is 0 Å². The number of nitrogens with zero attached hydrogens (tertiary/aromatic N) is 3. The maximum absolute atomic E-state index is 13.5. The van der Waals surface area contributed by atoms with Gasteiger partial charge in [0.1, 0.15) is 0 Å². The summed E-state index contributed by atoms with van der Waals surface area (Å²) in [4.78, 5) is 32.2. The van der Waals surface area contributed by atoms with E-state index in [0.717, 1.165) is 88.8 Å². The fourth-order valence-electron chi connectivity index (χ4n) is 5.54. The van der Waals surface area contributed by atoms with Gasteiger partial charge in [0.15, 0.2) is 0 Å². The highest BCUT2D eigenvalue weighted by atomic mass is 16.2. The van der Waals surface area contributed by atoms with Crippen LogP contribution in [0.3, 0.4) is 0 Å². The predicted molar refractivity (Wildman–Crippen MR) is 142 cm³/mol. The van der Waals surface area contributed by atoms with Crippen LogP contribution in [0, 0.1) is 5.92 Å². The molecule has 2 aromatic carbocycles. The highest BCUT2D eigenvalue weighted by Crippen LogP contribution is 2.25. The van der Waals surface area contributed by atoms with Crippen molar-refractivity contribution in [3.05, 3.63) is 65.7 Å². The van der Waals surface area contributed by atoms with Gasteiger partial charge in [-0.1, -0.05) is 67.8 Å². The Labute approximate surface area is 211 Å². The number of amides is 2. The molecule has 5 nitrogen and oxygen atoms in total. The van der Waals surface area contributed by atoms with Crippen molar-refractivity contribution in [2.24, 2.45) is 5.92 Å². The minimum absolute atomic E-state index is 0.0748. The summed E-state index contributed by atoms with van der Waals surface area (Å²) in [6, 6.07) is 18.9. The molecule has 0 bridgehead atoms. The predicted octanol–water partition coefficient (Wildman–Crippen LogP) is 5.29. The van der Waals surface area contributed by atoms with Gasteiger partial charge >= 0.3 is 0 Å². The largest absolute Gasteiger partial charge is 0.337 e. The Kier molecular flexibility index (Phi) is 9.35. The summed E-state index contributed by atoms with van der Waals surface area (Å²) in [5.41, 5.74) is 3.44. The molecule has 2 aliphatic heterocycles. The van der Waals surface area contributed by atoms with Crippen LogP contribution in [0.25, 0.3) is 0 Å². The molecule has 0 radical (unpaired) electrons. The van der Waals surface area contributed by atoms with Crippen LogP contribution >= 0.6 is 0 Å². The molecule has 0 spiro atoms. The van der Waals surface area contributed by atoms with E-state index in [1.807, 2.05) is 28.0 Å². The molecule has 0 atom stereocenters. The number of fused-ring (bicyclic) bond motifs is 1. The van der Waals surface area contributed by atoms with Crippen molar-refractivity contribution in [3.8, 4) is 0 Å². The lowest BCUT2D eigenvalue weighted by atomic mass is 9.90.